The number of carbonyl (C=O) groups excluding carboxylic acids is 1. The summed E-state index contributed by atoms with van der Waals surface area (Å²) < 4.78 is 5.26. The Hall–Kier alpha value is -2.11. The molecule has 2 aliphatic rings. The second-order valence-corrected chi connectivity index (χ2v) is 5.85. The lowest BCUT2D eigenvalue weighted by Gasteiger charge is -2.21. The number of methoxy groups -OCH3 is 1. The number of hydrogen-bond acceptors (Lipinski definition) is 5. The van der Waals surface area contributed by atoms with Gasteiger partial charge in [0.25, 0.3) is 0 Å². The summed E-state index contributed by atoms with van der Waals surface area (Å²) in [6.07, 6.45) is 7.86. The van der Waals surface area contributed by atoms with Gasteiger partial charge < -0.3 is 15.0 Å². The molecule has 112 valence electrons. The summed E-state index contributed by atoms with van der Waals surface area (Å²) in [5.74, 6) is 2.04. The van der Waals surface area contributed by atoms with E-state index in [0.717, 1.165) is 12.8 Å². The second-order valence-electron chi connectivity index (χ2n) is 5.85. The predicted molar refractivity (Wildman–Crippen MR) is 80.4 cm³/mol. The van der Waals surface area contributed by atoms with Crippen molar-refractivity contribution in [2.24, 2.45) is 17.8 Å². The summed E-state index contributed by atoms with van der Waals surface area (Å²) in [5.41, 5.74) is 0.543. The number of hydrogen-bond donors (Lipinski definition) is 1. The molecule has 6 nitrogen and oxygen atoms in total. The minimum atomic E-state index is 0.0306. The van der Waals surface area contributed by atoms with Gasteiger partial charge in [-0.2, -0.15) is 4.98 Å². The van der Waals surface area contributed by atoms with Crippen molar-refractivity contribution in [2.45, 2.75) is 12.8 Å². The maximum atomic E-state index is 12.6. The molecular weight excluding hydrogens is 268 g/mol. The number of nitrogens with one attached hydrogen (secondary N) is 1. The topological polar surface area (TPSA) is 67.4 Å². The smallest absolute Gasteiger partial charge is 0.242 e. The fraction of sp³-hybridized carbons (Fsp3) is 0.533. The first kappa shape index (κ1) is 13.9. The van der Waals surface area contributed by atoms with E-state index in [1.165, 1.54) is 13.4 Å². The van der Waals surface area contributed by atoms with Crippen LogP contribution in [0.15, 0.2) is 18.5 Å². The van der Waals surface area contributed by atoms with E-state index in [1.54, 1.807) is 0 Å². The van der Waals surface area contributed by atoms with Gasteiger partial charge in [0.15, 0.2) is 5.82 Å². The molecule has 2 bridgehead atoms. The van der Waals surface area contributed by atoms with Gasteiger partial charge in [0.1, 0.15) is 12.0 Å². The molecule has 3 rings (SSSR count). The first-order valence-corrected chi connectivity index (χ1v) is 7.15. The molecule has 1 aromatic rings. The molecule has 1 N–H and O–H groups in total. The number of anilines is 2. The van der Waals surface area contributed by atoms with Crippen LogP contribution in [0.4, 0.5) is 11.5 Å². The Morgan fingerprint density at radius 2 is 2.14 bits per heavy atom. The number of nitrogens with zero attached hydrogens (tertiary/aromatic N) is 3. The normalized spacial score (nSPS) is 26.0. The lowest BCUT2D eigenvalue weighted by molar-refractivity contribution is -0.120. The van der Waals surface area contributed by atoms with Gasteiger partial charge in [-0.25, -0.2) is 4.98 Å². The van der Waals surface area contributed by atoms with Crippen molar-refractivity contribution in [3.63, 3.8) is 0 Å². The van der Waals surface area contributed by atoms with E-state index in [9.17, 15) is 4.79 Å². The summed E-state index contributed by atoms with van der Waals surface area (Å²) in [4.78, 5) is 22.7. The molecule has 0 saturated heterocycles. The molecule has 1 amide bonds. The third-order valence-corrected chi connectivity index (χ3v) is 4.27. The molecule has 0 radical (unpaired) electrons. The number of allylic oxidation sites excluding steroid dienone is 2. The van der Waals surface area contributed by atoms with Crippen molar-refractivity contribution in [3.05, 3.63) is 18.5 Å². The van der Waals surface area contributed by atoms with Crippen LogP contribution >= 0.6 is 0 Å². The van der Waals surface area contributed by atoms with Crippen molar-refractivity contribution in [1.82, 2.24) is 9.97 Å². The molecule has 1 saturated carbocycles. The van der Waals surface area contributed by atoms with Crippen molar-refractivity contribution in [3.8, 4) is 5.88 Å². The minimum Gasteiger partial charge on any atom is -0.479 e. The molecule has 1 aromatic heterocycles. The first-order chi connectivity index (χ1) is 10.1. The minimum absolute atomic E-state index is 0.0306. The largest absolute Gasteiger partial charge is 0.479 e. The van der Waals surface area contributed by atoms with Gasteiger partial charge in [-0.15, -0.1) is 0 Å². The van der Waals surface area contributed by atoms with Crippen LogP contribution in [0, 0.1) is 17.8 Å². The average molecular weight is 288 g/mol. The van der Waals surface area contributed by atoms with E-state index in [4.69, 9.17) is 4.74 Å². The van der Waals surface area contributed by atoms with Gasteiger partial charge in [0, 0.05) is 20.0 Å². The number of rotatable bonds is 4. The molecule has 21 heavy (non-hydrogen) atoms. The summed E-state index contributed by atoms with van der Waals surface area (Å²) in [6.45, 7) is 0. The molecule has 1 fully saturated rings. The zero-order chi connectivity index (χ0) is 15.0. The molecule has 0 aromatic carbocycles. The van der Waals surface area contributed by atoms with Gasteiger partial charge in [-0.05, 0) is 24.7 Å². The van der Waals surface area contributed by atoms with Crippen molar-refractivity contribution in [1.29, 1.82) is 0 Å². The summed E-state index contributed by atoms with van der Waals surface area (Å²) in [7, 11) is 5.28. The van der Waals surface area contributed by atoms with Crippen LogP contribution in [0.1, 0.15) is 12.8 Å². The summed E-state index contributed by atoms with van der Waals surface area (Å²) >= 11 is 0. The standard InChI is InChI=1S/C15H20N4O2/c1-19(2)13-12(15(21-3)17-8-16-13)18-14(20)11-7-9-4-5-10(11)6-9/h4-5,8-11H,6-7H2,1-3H3,(H,18,20)/t9-,10-,11-/m0/s1. The Morgan fingerprint density at radius 3 is 2.71 bits per heavy atom. The summed E-state index contributed by atoms with van der Waals surface area (Å²) in [6, 6.07) is 0. The molecular formula is C15H20N4O2. The molecule has 2 aliphatic carbocycles. The van der Waals surface area contributed by atoms with Gasteiger partial charge in [0.2, 0.25) is 11.8 Å². The van der Waals surface area contributed by atoms with Gasteiger partial charge in [-0.3, -0.25) is 4.79 Å². The zero-order valence-corrected chi connectivity index (χ0v) is 12.5. The number of carbonyl (C=O) groups is 1. The fourth-order valence-electron chi connectivity index (χ4n) is 3.26. The molecule has 0 unspecified atom stereocenters. The maximum absolute atomic E-state index is 12.6. The Labute approximate surface area is 124 Å². The van der Waals surface area contributed by atoms with Crippen molar-refractivity contribution < 1.29 is 9.53 Å². The van der Waals surface area contributed by atoms with Crippen molar-refractivity contribution in [2.75, 3.05) is 31.4 Å². The highest BCUT2D eigenvalue weighted by Gasteiger charge is 2.40. The Bertz CT molecular complexity index is 585. The third-order valence-electron chi connectivity index (χ3n) is 4.27. The number of amides is 1. The second kappa shape index (κ2) is 5.35. The Kier molecular flexibility index (Phi) is 3.53. The predicted octanol–water partition coefficient (Wildman–Crippen LogP) is 1.70. The highest BCUT2D eigenvalue weighted by Crippen LogP contribution is 2.44. The van der Waals surface area contributed by atoms with Crippen LogP contribution in [0.25, 0.3) is 0 Å². The van der Waals surface area contributed by atoms with E-state index in [2.05, 4.69) is 27.4 Å². The van der Waals surface area contributed by atoms with E-state index in [0.29, 0.717) is 29.2 Å². The lowest BCUT2D eigenvalue weighted by Crippen LogP contribution is -2.27. The Morgan fingerprint density at radius 1 is 1.33 bits per heavy atom. The quantitative estimate of drug-likeness (QED) is 0.854. The van der Waals surface area contributed by atoms with Gasteiger partial charge in [0.05, 0.1) is 7.11 Å². The number of aromatic nitrogens is 2. The van der Waals surface area contributed by atoms with Gasteiger partial charge in [-0.1, -0.05) is 12.2 Å². The lowest BCUT2D eigenvalue weighted by atomic mass is 9.93. The first-order valence-electron chi connectivity index (χ1n) is 7.15. The van der Waals surface area contributed by atoms with Crippen molar-refractivity contribution >= 4 is 17.4 Å². The Balaban J connectivity index is 1.84. The van der Waals surface area contributed by atoms with Crippen LogP contribution in [-0.4, -0.2) is 37.1 Å². The molecule has 3 atom stereocenters. The maximum Gasteiger partial charge on any atom is 0.242 e. The number of fused-ring (bicyclic) bond motifs is 2. The van der Waals surface area contributed by atoms with E-state index >= 15 is 0 Å². The molecule has 0 aliphatic heterocycles. The molecule has 6 heteroatoms. The van der Waals surface area contributed by atoms with Crippen LogP contribution in [0.3, 0.4) is 0 Å². The highest BCUT2D eigenvalue weighted by atomic mass is 16.5. The average Bonchev–Trinajstić information content (AvgIpc) is 3.09. The molecule has 1 heterocycles. The SMILES string of the molecule is COc1ncnc(N(C)C)c1NC(=O)[C@H]1C[C@H]2C=C[C@H]1C2. The number of ether oxygens (including phenoxy) is 1. The van der Waals surface area contributed by atoms with Crippen LogP contribution in [0.2, 0.25) is 0 Å². The third kappa shape index (κ3) is 2.46. The van der Waals surface area contributed by atoms with E-state index in [1.807, 2.05) is 19.0 Å². The monoisotopic (exact) mass is 288 g/mol. The van der Waals surface area contributed by atoms with E-state index in [-0.39, 0.29) is 11.8 Å². The molecule has 0 spiro atoms. The van der Waals surface area contributed by atoms with Crippen LogP contribution in [-0.2, 0) is 4.79 Å². The van der Waals surface area contributed by atoms with Gasteiger partial charge >= 0.3 is 0 Å². The highest BCUT2D eigenvalue weighted by molar-refractivity contribution is 5.97. The van der Waals surface area contributed by atoms with E-state index < -0.39 is 0 Å². The van der Waals surface area contributed by atoms with Crippen LogP contribution < -0.4 is 15.0 Å². The fourth-order valence-corrected chi connectivity index (χ4v) is 3.26. The van der Waals surface area contributed by atoms with Crippen LogP contribution in [0.5, 0.6) is 5.88 Å². The zero-order valence-electron chi connectivity index (χ0n) is 12.5. The summed E-state index contributed by atoms with van der Waals surface area (Å²) in [5, 5.41) is 2.97.